The minimum absolute atomic E-state index is 0.315. The first-order valence-corrected chi connectivity index (χ1v) is 11.1. The van der Waals surface area contributed by atoms with E-state index < -0.39 is 0 Å². The number of rotatable bonds is 5. The van der Waals surface area contributed by atoms with E-state index in [0.717, 1.165) is 41.1 Å². The van der Waals surface area contributed by atoms with Crippen molar-refractivity contribution in [1.82, 2.24) is 4.98 Å². The van der Waals surface area contributed by atoms with Gasteiger partial charge in [-0.15, -0.1) is 0 Å². The summed E-state index contributed by atoms with van der Waals surface area (Å²) in [7, 11) is 0. The molecule has 2 heterocycles. The van der Waals surface area contributed by atoms with Crippen molar-refractivity contribution in [2.45, 2.75) is 13.8 Å². The summed E-state index contributed by atoms with van der Waals surface area (Å²) in [4.78, 5) is 19.2. The van der Waals surface area contributed by atoms with Crippen LogP contribution in [0.2, 0.25) is 0 Å². The normalized spacial score (nSPS) is 14.1. The van der Waals surface area contributed by atoms with Gasteiger partial charge in [-0.1, -0.05) is 0 Å². The first kappa shape index (κ1) is 19.6. The number of carbonyl (C=O) groups is 1. The second-order valence-corrected chi connectivity index (χ2v) is 8.26. The van der Waals surface area contributed by atoms with Crippen LogP contribution in [0.25, 0.3) is 10.9 Å². The lowest BCUT2D eigenvalue weighted by Gasteiger charge is -2.28. The zero-order valence-corrected chi connectivity index (χ0v) is 17.6. The number of hydrogen-bond acceptors (Lipinski definition) is 6. The minimum atomic E-state index is -0.315. The molecule has 0 saturated carbocycles. The van der Waals surface area contributed by atoms with Crippen molar-refractivity contribution in [2.75, 3.05) is 41.4 Å². The van der Waals surface area contributed by atoms with E-state index >= 15 is 0 Å². The highest BCUT2D eigenvalue weighted by atomic mass is 32.2. The van der Waals surface area contributed by atoms with Crippen molar-refractivity contribution >= 4 is 45.7 Å². The highest BCUT2D eigenvalue weighted by molar-refractivity contribution is 7.99. The summed E-state index contributed by atoms with van der Waals surface area (Å²) in [5.74, 6) is 2.06. The standard InChI is InChI=1S/C23H25N3O2S/c1-3-28-23(27)17-4-9-21-20(15-17)22(14-16(2)24-21)25-18-5-7-19(8-6-18)26-10-12-29-13-11-26/h4-9,14-15H,3,10-13H2,1-2H3,(H,24,25). The maximum absolute atomic E-state index is 12.1. The Hall–Kier alpha value is -2.73. The lowest BCUT2D eigenvalue weighted by atomic mass is 10.1. The van der Waals surface area contributed by atoms with Gasteiger partial charge in [0.25, 0.3) is 0 Å². The Bertz CT molecular complexity index is 1010. The Balaban J connectivity index is 1.62. The number of nitrogens with one attached hydrogen (secondary N) is 1. The van der Waals surface area contributed by atoms with Crippen molar-refractivity contribution in [1.29, 1.82) is 0 Å². The fourth-order valence-electron chi connectivity index (χ4n) is 3.54. The monoisotopic (exact) mass is 407 g/mol. The first-order valence-electron chi connectivity index (χ1n) is 9.92. The predicted octanol–water partition coefficient (Wildman–Crippen LogP) is 5.02. The van der Waals surface area contributed by atoms with Gasteiger partial charge in [0.05, 0.1) is 17.7 Å². The van der Waals surface area contributed by atoms with E-state index in [0.29, 0.717) is 12.2 Å². The van der Waals surface area contributed by atoms with E-state index in [4.69, 9.17) is 4.74 Å². The summed E-state index contributed by atoms with van der Waals surface area (Å²) < 4.78 is 5.14. The molecule has 29 heavy (non-hydrogen) atoms. The van der Waals surface area contributed by atoms with Crippen molar-refractivity contribution < 1.29 is 9.53 Å². The number of nitrogens with zero attached hydrogens (tertiary/aromatic N) is 2. The van der Waals surface area contributed by atoms with E-state index in [9.17, 15) is 4.79 Å². The molecule has 3 aromatic rings. The van der Waals surface area contributed by atoms with Gasteiger partial charge >= 0.3 is 5.97 Å². The molecule has 6 heteroatoms. The van der Waals surface area contributed by atoms with Gasteiger partial charge in [0.15, 0.2) is 0 Å². The summed E-state index contributed by atoms with van der Waals surface area (Å²) in [5.41, 5.74) is 5.51. The van der Waals surface area contributed by atoms with E-state index in [1.165, 1.54) is 17.2 Å². The molecule has 0 aliphatic carbocycles. The molecule has 150 valence electrons. The van der Waals surface area contributed by atoms with Gasteiger partial charge in [-0.3, -0.25) is 4.98 Å². The van der Waals surface area contributed by atoms with Crippen LogP contribution in [0.1, 0.15) is 23.0 Å². The number of fused-ring (bicyclic) bond motifs is 1. The number of ether oxygens (including phenoxy) is 1. The molecule has 1 N–H and O–H groups in total. The van der Waals surface area contributed by atoms with Gasteiger partial charge in [-0.2, -0.15) is 11.8 Å². The van der Waals surface area contributed by atoms with Crippen molar-refractivity contribution in [3.05, 3.63) is 59.8 Å². The summed E-state index contributed by atoms with van der Waals surface area (Å²) in [6, 6.07) is 16.0. The SMILES string of the molecule is CCOC(=O)c1ccc2nc(C)cc(Nc3ccc(N4CCSCC4)cc3)c2c1. The molecule has 1 saturated heterocycles. The van der Waals surface area contributed by atoms with Crippen LogP contribution in [0.15, 0.2) is 48.5 Å². The summed E-state index contributed by atoms with van der Waals surface area (Å²) in [5, 5.41) is 4.40. The van der Waals surface area contributed by atoms with Gasteiger partial charge in [0, 0.05) is 52.7 Å². The number of thioether (sulfide) groups is 1. The Morgan fingerprint density at radius 2 is 1.90 bits per heavy atom. The first-order chi connectivity index (χ1) is 14.1. The van der Waals surface area contributed by atoms with Crippen LogP contribution in [0.4, 0.5) is 17.1 Å². The molecule has 1 fully saturated rings. The third kappa shape index (κ3) is 4.48. The molecular weight excluding hydrogens is 382 g/mol. The molecule has 1 aromatic heterocycles. The Labute approximate surface area is 175 Å². The highest BCUT2D eigenvalue weighted by Gasteiger charge is 2.13. The van der Waals surface area contributed by atoms with Crippen LogP contribution in [0, 0.1) is 6.92 Å². The van der Waals surface area contributed by atoms with E-state index in [1.54, 1.807) is 6.07 Å². The zero-order chi connectivity index (χ0) is 20.2. The second kappa shape index (κ2) is 8.74. The van der Waals surface area contributed by atoms with Crippen LogP contribution in [0.5, 0.6) is 0 Å². The number of esters is 1. The number of carbonyl (C=O) groups excluding carboxylic acids is 1. The van der Waals surface area contributed by atoms with Gasteiger partial charge in [0.2, 0.25) is 0 Å². The Morgan fingerprint density at radius 3 is 2.62 bits per heavy atom. The molecule has 0 bridgehead atoms. The second-order valence-electron chi connectivity index (χ2n) is 7.03. The lowest BCUT2D eigenvalue weighted by molar-refractivity contribution is 0.0526. The molecule has 2 aromatic carbocycles. The lowest BCUT2D eigenvalue weighted by Crippen LogP contribution is -2.32. The van der Waals surface area contributed by atoms with E-state index in [-0.39, 0.29) is 5.97 Å². The predicted molar refractivity (Wildman–Crippen MR) is 122 cm³/mol. The average molecular weight is 408 g/mol. The van der Waals surface area contributed by atoms with Crippen LogP contribution < -0.4 is 10.2 Å². The van der Waals surface area contributed by atoms with Crippen molar-refractivity contribution in [3.63, 3.8) is 0 Å². The zero-order valence-electron chi connectivity index (χ0n) is 16.8. The largest absolute Gasteiger partial charge is 0.462 e. The molecule has 1 aliphatic heterocycles. The number of aryl methyl sites for hydroxylation is 1. The fourth-order valence-corrected chi connectivity index (χ4v) is 4.44. The third-order valence-electron chi connectivity index (χ3n) is 4.97. The van der Waals surface area contributed by atoms with Gasteiger partial charge < -0.3 is 15.0 Å². The van der Waals surface area contributed by atoms with Crippen LogP contribution in [-0.2, 0) is 4.74 Å². The number of benzene rings is 2. The van der Waals surface area contributed by atoms with Gasteiger partial charge in [0.1, 0.15) is 0 Å². The number of hydrogen-bond donors (Lipinski definition) is 1. The van der Waals surface area contributed by atoms with Gasteiger partial charge in [-0.05, 0) is 62.4 Å². The van der Waals surface area contributed by atoms with Crippen LogP contribution in [0.3, 0.4) is 0 Å². The molecule has 1 aliphatic rings. The number of pyridine rings is 1. The molecule has 0 radical (unpaired) electrons. The molecule has 4 rings (SSSR count). The molecule has 0 spiro atoms. The summed E-state index contributed by atoms with van der Waals surface area (Å²) in [6.07, 6.45) is 0. The summed E-state index contributed by atoms with van der Waals surface area (Å²) >= 11 is 2.01. The molecule has 0 unspecified atom stereocenters. The summed E-state index contributed by atoms with van der Waals surface area (Å²) in [6.45, 7) is 6.34. The maximum Gasteiger partial charge on any atom is 0.338 e. The maximum atomic E-state index is 12.1. The van der Waals surface area contributed by atoms with Crippen LogP contribution in [-0.4, -0.2) is 42.2 Å². The third-order valence-corrected chi connectivity index (χ3v) is 5.91. The topological polar surface area (TPSA) is 54.5 Å². The smallest absolute Gasteiger partial charge is 0.338 e. The quantitative estimate of drug-likeness (QED) is 0.600. The molecule has 5 nitrogen and oxygen atoms in total. The molecule has 0 amide bonds. The number of anilines is 3. The number of aromatic nitrogens is 1. The van der Waals surface area contributed by atoms with Crippen molar-refractivity contribution in [3.8, 4) is 0 Å². The van der Waals surface area contributed by atoms with Crippen LogP contribution >= 0.6 is 11.8 Å². The van der Waals surface area contributed by atoms with E-state index in [2.05, 4.69) is 39.5 Å². The average Bonchev–Trinajstić information content (AvgIpc) is 2.75. The molecular formula is C23H25N3O2S. The van der Waals surface area contributed by atoms with E-state index in [1.807, 2.05) is 43.8 Å². The Kier molecular flexibility index (Phi) is 5.90. The fraction of sp³-hybridized carbons (Fsp3) is 0.304. The highest BCUT2D eigenvalue weighted by Crippen LogP contribution is 2.29. The molecule has 0 atom stereocenters. The Morgan fingerprint density at radius 1 is 1.14 bits per heavy atom. The van der Waals surface area contributed by atoms with Gasteiger partial charge in [-0.25, -0.2) is 4.79 Å². The minimum Gasteiger partial charge on any atom is -0.462 e. The van der Waals surface area contributed by atoms with Crippen molar-refractivity contribution in [2.24, 2.45) is 0 Å².